The largest absolute Gasteiger partial charge is 0.406 e. The molecule has 6 heteroatoms. The van der Waals surface area contributed by atoms with Crippen molar-refractivity contribution in [3.05, 3.63) is 36.0 Å². The molecule has 19 heavy (non-hydrogen) atoms. The van der Waals surface area contributed by atoms with Gasteiger partial charge in [0.25, 0.3) is 0 Å². The molecule has 0 bridgehead atoms. The highest BCUT2D eigenvalue weighted by molar-refractivity contribution is 5.54. The summed E-state index contributed by atoms with van der Waals surface area (Å²) in [4.78, 5) is 1.66. The fourth-order valence-electron chi connectivity index (χ4n) is 1.77. The van der Waals surface area contributed by atoms with Gasteiger partial charge < -0.3 is 9.73 Å². The average molecular weight is 262 g/mol. The molecule has 3 rings (SSSR count). The van der Waals surface area contributed by atoms with Gasteiger partial charge in [0.2, 0.25) is 5.89 Å². The molecule has 0 radical (unpaired) electrons. The first-order valence-electron chi connectivity index (χ1n) is 6.27. The molecular formula is C13H15FN4O. The second kappa shape index (κ2) is 4.97. The third-order valence-corrected chi connectivity index (χ3v) is 3.06. The van der Waals surface area contributed by atoms with E-state index in [1.807, 2.05) is 0 Å². The molecule has 1 heterocycles. The molecule has 1 aromatic heterocycles. The third kappa shape index (κ3) is 2.90. The Morgan fingerprint density at radius 3 is 3.00 bits per heavy atom. The van der Waals surface area contributed by atoms with Crippen LogP contribution >= 0.6 is 0 Å². The van der Waals surface area contributed by atoms with Gasteiger partial charge >= 0.3 is 6.01 Å². The molecule has 1 N–H and O–H groups in total. The number of anilines is 2. The molecule has 1 aromatic carbocycles. The van der Waals surface area contributed by atoms with Gasteiger partial charge in [-0.15, -0.1) is 5.10 Å². The van der Waals surface area contributed by atoms with E-state index < -0.39 is 0 Å². The standard InChI is InChI=1S/C13H15FN4O/c1-18(11-4-2-3-9(14)7-11)13-17-16-12(19-13)8-15-10-5-6-10/h2-4,7,10,15H,5-6,8H2,1H3. The van der Waals surface area contributed by atoms with Gasteiger partial charge in [-0.1, -0.05) is 11.2 Å². The van der Waals surface area contributed by atoms with E-state index in [0.29, 0.717) is 30.2 Å². The quantitative estimate of drug-likeness (QED) is 0.895. The van der Waals surface area contributed by atoms with Crippen molar-refractivity contribution in [2.75, 3.05) is 11.9 Å². The minimum absolute atomic E-state index is 0.292. The number of hydrogen-bond acceptors (Lipinski definition) is 5. The molecule has 1 aliphatic rings. The molecule has 0 aliphatic heterocycles. The summed E-state index contributed by atoms with van der Waals surface area (Å²) >= 11 is 0. The lowest BCUT2D eigenvalue weighted by molar-refractivity contribution is 0.471. The minimum Gasteiger partial charge on any atom is -0.406 e. The zero-order valence-electron chi connectivity index (χ0n) is 10.6. The lowest BCUT2D eigenvalue weighted by atomic mass is 10.3. The van der Waals surface area contributed by atoms with Crippen molar-refractivity contribution in [2.24, 2.45) is 0 Å². The van der Waals surface area contributed by atoms with E-state index >= 15 is 0 Å². The van der Waals surface area contributed by atoms with Crippen molar-refractivity contribution >= 4 is 11.7 Å². The molecule has 0 saturated heterocycles. The summed E-state index contributed by atoms with van der Waals surface area (Å²) in [7, 11) is 1.76. The van der Waals surface area contributed by atoms with Crippen LogP contribution < -0.4 is 10.2 Å². The van der Waals surface area contributed by atoms with Crippen LogP contribution in [0.2, 0.25) is 0 Å². The Kier molecular flexibility index (Phi) is 3.16. The van der Waals surface area contributed by atoms with E-state index in [9.17, 15) is 4.39 Å². The third-order valence-electron chi connectivity index (χ3n) is 3.06. The lowest BCUT2D eigenvalue weighted by Crippen LogP contribution is -2.15. The van der Waals surface area contributed by atoms with Gasteiger partial charge in [-0.2, -0.15) is 0 Å². The fourth-order valence-corrected chi connectivity index (χ4v) is 1.77. The van der Waals surface area contributed by atoms with Crippen LogP contribution in [-0.2, 0) is 6.54 Å². The van der Waals surface area contributed by atoms with E-state index in [0.717, 1.165) is 0 Å². The molecular weight excluding hydrogens is 247 g/mol. The zero-order chi connectivity index (χ0) is 13.2. The lowest BCUT2D eigenvalue weighted by Gasteiger charge is -2.13. The normalized spacial score (nSPS) is 14.6. The average Bonchev–Trinajstić information content (AvgIpc) is 3.13. The van der Waals surface area contributed by atoms with E-state index in [4.69, 9.17) is 4.42 Å². The Bertz CT molecular complexity index is 567. The Balaban J connectivity index is 1.70. The van der Waals surface area contributed by atoms with E-state index in [1.54, 1.807) is 24.1 Å². The van der Waals surface area contributed by atoms with Crippen LogP contribution in [0.5, 0.6) is 0 Å². The van der Waals surface area contributed by atoms with Crippen LogP contribution in [0.15, 0.2) is 28.7 Å². The van der Waals surface area contributed by atoms with Gasteiger partial charge in [0.1, 0.15) is 5.82 Å². The predicted octanol–water partition coefficient (Wildman–Crippen LogP) is 2.23. The SMILES string of the molecule is CN(c1cccc(F)c1)c1nnc(CNC2CC2)o1. The Hall–Kier alpha value is -1.95. The van der Waals surface area contributed by atoms with Gasteiger partial charge in [-0.25, -0.2) is 4.39 Å². The first-order chi connectivity index (χ1) is 9.22. The van der Waals surface area contributed by atoms with Crippen LogP contribution in [0.3, 0.4) is 0 Å². The highest BCUT2D eigenvalue weighted by atomic mass is 19.1. The van der Waals surface area contributed by atoms with Crippen molar-refractivity contribution < 1.29 is 8.81 Å². The number of nitrogens with one attached hydrogen (secondary N) is 1. The number of hydrogen-bond donors (Lipinski definition) is 1. The molecule has 100 valence electrons. The van der Waals surface area contributed by atoms with Crippen LogP contribution in [0, 0.1) is 5.82 Å². The summed E-state index contributed by atoms with van der Waals surface area (Å²) in [5, 5.41) is 11.2. The number of nitrogens with zero attached hydrogens (tertiary/aromatic N) is 3. The summed E-state index contributed by atoms with van der Waals surface area (Å²) in [6.45, 7) is 0.578. The highest BCUT2D eigenvalue weighted by Gasteiger charge is 2.21. The van der Waals surface area contributed by atoms with Gasteiger partial charge in [-0.05, 0) is 31.0 Å². The molecule has 0 amide bonds. The van der Waals surface area contributed by atoms with Crippen LogP contribution in [0.25, 0.3) is 0 Å². The second-order valence-corrected chi connectivity index (χ2v) is 4.67. The summed E-state index contributed by atoms with van der Waals surface area (Å²) in [5.41, 5.74) is 0.672. The highest BCUT2D eigenvalue weighted by Crippen LogP contribution is 2.23. The molecule has 1 aliphatic carbocycles. The van der Waals surface area contributed by atoms with Crippen LogP contribution in [0.1, 0.15) is 18.7 Å². The molecule has 0 spiro atoms. The predicted molar refractivity (Wildman–Crippen MR) is 68.6 cm³/mol. The van der Waals surface area contributed by atoms with Crippen molar-refractivity contribution in [3.63, 3.8) is 0 Å². The molecule has 0 unspecified atom stereocenters. The summed E-state index contributed by atoms with van der Waals surface area (Å²) in [6.07, 6.45) is 2.42. The molecule has 0 atom stereocenters. The van der Waals surface area contributed by atoms with Gasteiger partial charge in [0, 0.05) is 18.8 Å². The molecule has 1 fully saturated rings. The van der Waals surface area contributed by atoms with Crippen molar-refractivity contribution in [2.45, 2.75) is 25.4 Å². The second-order valence-electron chi connectivity index (χ2n) is 4.67. The Labute approximate surface area is 110 Å². The zero-order valence-corrected chi connectivity index (χ0v) is 10.6. The number of aromatic nitrogens is 2. The fraction of sp³-hybridized carbons (Fsp3) is 0.385. The summed E-state index contributed by atoms with van der Waals surface area (Å²) in [6, 6.07) is 7.21. The maximum absolute atomic E-state index is 13.2. The number of halogens is 1. The molecule has 2 aromatic rings. The minimum atomic E-state index is -0.292. The number of benzene rings is 1. The van der Waals surface area contributed by atoms with Gasteiger partial charge in [0.05, 0.1) is 6.54 Å². The molecule has 5 nitrogen and oxygen atoms in total. The molecule has 1 saturated carbocycles. The topological polar surface area (TPSA) is 54.2 Å². The summed E-state index contributed by atoms with van der Waals surface area (Å²) in [5.74, 6) is 0.254. The van der Waals surface area contributed by atoms with E-state index in [-0.39, 0.29) is 5.82 Å². The van der Waals surface area contributed by atoms with Crippen molar-refractivity contribution in [1.29, 1.82) is 0 Å². The maximum Gasteiger partial charge on any atom is 0.322 e. The first-order valence-corrected chi connectivity index (χ1v) is 6.27. The number of rotatable bonds is 5. The Morgan fingerprint density at radius 2 is 2.26 bits per heavy atom. The van der Waals surface area contributed by atoms with Crippen LogP contribution in [0.4, 0.5) is 16.1 Å². The Morgan fingerprint density at radius 1 is 1.42 bits per heavy atom. The monoisotopic (exact) mass is 262 g/mol. The van der Waals surface area contributed by atoms with Crippen LogP contribution in [-0.4, -0.2) is 23.3 Å². The van der Waals surface area contributed by atoms with Gasteiger partial charge in [0.15, 0.2) is 0 Å². The smallest absolute Gasteiger partial charge is 0.322 e. The van der Waals surface area contributed by atoms with Crippen molar-refractivity contribution in [1.82, 2.24) is 15.5 Å². The van der Waals surface area contributed by atoms with E-state index in [2.05, 4.69) is 15.5 Å². The van der Waals surface area contributed by atoms with Gasteiger partial charge in [-0.3, -0.25) is 4.90 Å². The first kappa shape index (κ1) is 12.1. The van der Waals surface area contributed by atoms with Crippen molar-refractivity contribution in [3.8, 4) is 0 Å². The summed E-state index contributed by atoms with van der Waals surface area (Å²) < 4.78 is 18.7. The maximum atomic E-state index is 13.2. The van der Waals surface area contributed by atoms with E-state index in [1.165, 1.54) is 25.0 Å².